The van der Waals surface area contributed by atoms with Crippen molar-refractivity contribution in [3.63, 3.8) is 0 Å². The maximum atomic E-state index is 14.5. The van der Waals surface area contributed by atoms with Crippen LogP contribution in [0.15, 0.2) is 54.9 Å². The lowest BCUT2D eigenvalue weighted by atomic mass is 10.0. The van der Waals surface area contributed by atoms with Crippen molar-refractivity contribution in [1.29, 1.82) is 0 Å². The molecular weight excluding hydrogens is 543 g/mol. The van der Waals surface area contributed by atoms with E-state index in [-0.39, 0.29) is 43.7 Å². The van der Waals surface area contributed by atoms with E-state index in [1.165, 1.54) is 25.4 Å². The molecule has 0 unspecified atom stereocenters. The normalized spacial score (nSPS) is 19.5. The fraction of sp³-hybridized carbons (Fsp3) is 0.355. The minimum absolute atomic E-state index is 0.127. The lowest BCUT2D eigenvalue weighted by molar-refractivity contribution is -0.125. The van der Waals surface area contributed by atoms with Gasteiger partial charge in [0.15, 0.2) is 18.1 Å². The van der Waals surface area contributed by atoms with Crippen molar-refractivity contribution in [2.45, 2.75) is 44.9 Å². The fourth-order valence-electron chi connectivity index (χ4n) is 5.14. The number of aromatic nitrogens is 1. The maximum Gasteiger partial charge on any atom is 0.258 e. The van der Waals surface area contributed by atoms with Crippen LogP contribution in [0, 0.1) is 12.7 Å². The predicted octanol–water partition coefficient (Wildman–Crippen LogP) is 2.96. The second-order valence-corrected chi connectivity index (χ2v) is 10.5. The van der Waals surface area contributed by atoms with Crippen LogP contribution < -0.4 is 24.8 Å². The van der Waals surface area contributed by atoms with Crippen LogP contribution in [-0.4, -0.2) is 66.6 Å². The number of methoxy groups -OCH3 is 1. The number of halogens is 1. The summed E-state index contributed by atoms with van der Waals surface area (Å²) in [6.07, 6.45) is 3.65. The second-order valence-electron chi connectivity index (χ2n) is 10.5. The smallest absolute Gasteiger partial charge is 0.258 e. The lowest BCUT2D eigenvalue weighted by Gasteiger charge is -2.39. The zero-order valence-electron chi connectivity index (χ0n) is 23.5. The first-order valence-electron chi connectivity index (χ1n) is 13.8. The lowest BCUT2D eigenvalue weighted by Crippen LogP contribution is -2.58. The number of benzene rings is 2. The first-order chi connectivity index (χ1) is 20.3. The summed E-state index contributed by atoms with van der Waals surface area (Å²) >= 11 is 0. The zero-order valence-corrected chi connectivity index (χ0v) is 23.5. The molecule has 220 valence electrons. The third-order valence-corrected chi connectivity index (χ3v) is 7.24. The van der Waals surface area contributed by atoms with Crippen LogP contribution in [0.4, 0.5) is 4.39 Å². The van der Waals surface area contributed by atoms with E-state index in [1.54, 1.807) is 35.4 Å². The van der Waals surface area contributed by atoms with E-state index in [0.717, 1.165) is 11.1 Å². The van der Waals surface area contributed by atoms with Crippen molar-refractivity contribution in [2.24, 2.45) is 0 Å². The van der Waals surface area contributed by atoms with Crippen LogP contribution in [0.2, 0.25) is 0 Å². The van der Waals surface area contributed by atoms with Gasteiger partial charge in [0.1, 0.15) is 17.7 Å². The van der Waals surface area contributed by atoms with Crippen LogP contribution in [0.5, 0.6) is 17.2 Å². The number of amides is 3. The minimum atomic E-state index is -0.616. The topological polar surface area (TPSA) is 119 Å². The number of carbonyl (C=O) groups is 3. The first kappa shape index (κ1) is 28.8. The zero-order chi connectivity index (χ0) is 29.6. The SMILES string of the molecule is COc1ccc2cc1OCC(=O)N[C@@H]1CN(C(=O)c3cncc(C)c3)CC[C@H]1Oc1cc(F)cc(c1)CNC(=O)CC2. The van der Waals surface area contributed by atoms with Gasteiger partial charge in [0.2, 0.25) is 5.91 Å². The predicted molar refractivity (Wildman–Crippen MR) is 151 cm³/mol. The molecule has 5 rings (SSSR count). The quantitative estimate of drug-likeness (QED) is 0.482. The van der Waals surface area contributed by atoms with Gasteiger partial charge < -0.3 is 29.7 Å². The largest absolute Gasteiger partial charge is 0.493 e. The van der Waals surface area contributed by atoms with Crippen molar-refractivity contribution >= 4 is 17.7 Å². The van der Waals surface area contributed by atoms with Gasteiger partial charge in [-0.1, -0.05) is 6.07 Å². The number of rotatable bonds is 2. The van der Waals surface area contributed by atoms with E-state index in [9.17, 15) is 18.8 Å². The molecule has 4 bridgehead atoms. The Balaban J connectivity index is 1.42. The van der Waals surface area contributed by atoms with Gasteiger partial charge in [0.05, 0.1) is 18.7 Å². The molecule has 2 aromatic carbocycles. The number of hydrogen-bond acceptors (Lipinski definition) is 7. The molecule has 3 aromatic rings. The van der Waals surface area contributed by atoms with E-state index in [2.05, 4.69) is 15.6 Å². The summed E-state index contributed by atoms with van der Waals surface area (Å²) in [5.41, 5.74) is 2.68. The molecule has 42 heavy (non-hydrogen) atoms. The maximum absolute atomic E-state index is 14.5. The molecular formula is C31H33FN4O6. The van der Waals surface area contributed by atoms with Crippen LogP contribution in [0.25, 0.3) is 0 Å². The van der Waals surface area contributed by atoms with Crippen LogP contribution in [-0.2, 0) is 22.6 Å². The number of nitrogens with one attached hydrogen (secondary N) is 2. The van der Waals surface area contributed by atoms with E-state index >= 15 is 0 Å². The molecule has 3 amide bonds. The Morgan fingerprint density at radius 3 is 2.74 bits per heavy atom. The molecule has 10 nitrogen and oxygen atoms in total. The molecule has 3 heterocycles. The summed E-state index contributed by atoms with van der Waals surface area (Å²) < 4.78 is 32.0. The Morgan fingerprint density at radius 1 is 1.07 bits per heavy atom. The number of aryl methyl sites for hydroxylation is 2. The number of carbonyl (C=O) groups excluding carboxylic acids is 3. The van der Waals surface area contributed by atoms with Crippen molar-refractivity contribution in [3.05, 3.63) is 82.9 Å². The van der Waals surface area contributed by atoms with Crippen LogP contribution in [0.3, 0.4) is 0 Å². The van der Waals surface area contributed by atoms with Gasteiger partial charge >= 0.3 is 0 Å². The average molecular weight is 577 g/mol. The van der Waals surface area contributed by atoms with Gasteiger partial charge in [0.25, 0.3) is 11.8 Å². The highest BCUT2D eigenvalue weighted by atomic mass is 19.1. The molecule has 1 aromatic heterocycles. The highest BCUT2D eigenvalue weighted by Gasteiger charge is 2.35. The molecule has 0 saturated carbocycles. The number of hydrogen-bond donors (Lipinski definition) is 2. The van der Waals surface area contributed by atoms with Crippen molar-refractivity contribution < 1.29 is 33.0 Å². The number of pyridine rings is 1. The van der Waals surface area contributed by atoms with Gasteiger partial charge in [-0.2, -0.15) is 0 Å². The highest BCUT2D eigenvalue weighted by molar-refractivity contribution is 5.94. The Hall–Kier alpha value is -4.67. The molecule has 2 aliphatic rings. The van der Waals surface area contributed by atoms with Crippen molar-refractivity contribution in [2.75, 3.05) is 26.8 Å². The van der Waals surface area contributed by atoms with E-state index in [4.69, 9.17) is 14.2 Å². The van der Waals surface area contributed by atoms with E-state index in [1.807, 2.05) is 13.0 Å². The number of nitrogens with zero attached hydrogens (tertiary/aromatic N) is 2. The summed E-state index contributed by atoms with van der Waals surface area (Å²) in [7, 11) is 1.50. The summed E-state index contributed by atoms with van der Waals surface area (Å²) in [6, 6.07) is 10.7. The third kappa shape index (κ3) is 7.15. The molecule has 1 saturated heterocycles. The standard InChI is InChI=1S/C31H33FN4O6/c1-19-9-22(16-33-14-19)31(39)36-8-7-26-25(17-36)35-30(38)18-41-28-12-20(3-5-27(28)40-2)4-6-29(37)34-15-21-10-23(32)13-24(11-21)42-26/h3,5,9-14,16,25-26H,4,6-8,15,17-18H2,1-2H3,(H,34,37)(H,35,38)/t25-,26-/m1/s1. The molecule has 0 spiro atoms. The van der Waals surface area contributed by atoms with Crippen molar-refractivity contribution in [3.8, 4) is 17.2 Å². The van der Waals surface area contributed by atoms with Gasteiger partial charge in [-0.25, -0.2) is 4.39 Å². The minimum Gasteiger partial charge on any atom is -0.493 e. The molecule has 0 aliphatic carbocycles. The number of piperidine rings is 1. The van der Waals surface area contributed by atoms with E-state index < -0.39 is 23.9 Å². The molecule has 2 N–H and O–H groups in total. The summed E-state index contributed by atoms with van der Waals surface area (Å²) in [6.45, 7) is 2.20. The Kier molecular flexibility index (Phi) is 8.85. The molecule has 2 aliphatic heterocycles. The number of ether oxygens (including phenoxy) is 3. The van der Waals surface area contributed by atoms with Crippen LogP contribution >= 0.6 is 0 Å². The summed E-state index contributed by atoms with van der Waals surface area (Å²) in [4.78, 5) is 44.7. The van der Waals surface area contributed by atoms with E-state index in [0.29, 0.717) is 42.0 Å². The number of likely N-dealkylation sites (tertiary alicyclic amines) is 1. The Morgan fingerprint density at radius 2 is 1.93 bits per heavy atom. The number of fused-ring (bicyclic) bond motifs is 5. The van der Waals surface area contributed by atoms with Crippen LogP contribution in [0.1, 0.15) is 39.9 Å². The van der Waals surface area contributed by atoms with Crippen molar-refractivity contribution in [1.82, 2.24) is 20.5 Å². The second kappa shape index (κ2) is 12.9. The highest BCUT2D eigenvalue weighted by Crippen LogP contribution is 2.29. The Bertz CT molecular complexity index is 1480. The Labute approximate surface area is 243 Å². The van der Waals surface area contributed by atoms with Gasteiger partial charge in [-0.05, 0) is 60.4 Å². The molecule has 0 radical (unpaired) electrons. The van der Waals surface area contributed by atoms with Gasteiger partial charge in [-0.15, -0.1) is 0 Å². The fourth-order valence-corrected chi connectivity index (χ4v) is 5.14. The third-order valence-electron chi connectivity index (χ3n) is 7.24. The molecule has 1 fully saturated rings. The van der Waals surface area contributed by atoms with Gasteiger partial charge in [-0.3, -0.25) is 19.4 Å². The average Bonchev–Trinajstić information content (AvgIpc) is 2.97. The monoisotopic (exact) mass is 576 g/mol. The summed E-state index contributed by atoms with van der Waals surface area (Å²) in [5.74, 6) is -0.242. The van der Waals surface area contributed by atoms with Gasteiger partial charge in [0, 0.05) is 50.9 Å². The molecule has 2 atom stereocenters. The summed E-state index contributed by atoms with van der Waals surface area (Å²) in [5, 5.41) is 5.78. The first-order valence-corrected chi connectivity index (χ1v) is 13.8. The molecule has 11 heteroatoms.